The molecule has 20 heavy (non-hydrogen) atoms. The zero-order valence-electron chi connectivity index (χ0n) is 11.8. The summed E-state index contributed by atoms with van der Waals surface area (Å²) in [4.78, 5) is 13.3. The van der Waals surface area contributed by atoms with Crippen LogP contribution in [0.5, 0.6) is 0 Å². The maximum absolute atomic E-state index is 11.2. The number of hydrogen-bond acceptors (Lipinski definition) is 4. The zero-order chi connectivity index (χ0) is 14.7. The molecule has 1 aliphatic heterocycles. The molecule has 7 heteroatoms. The first-order chi connectivity index (χ1) is 9.49. The van der Waals surface area contributed by atoms with Crippen molar-refractivity contribution < 1.29 is 9.90 Å². The Morgan fingerprint density at radius 1 is 1.60 bits per heavy atom. The van der Waals surface area contributed by atoms with Gasteiger partial charge in [0.05, 0.1) is 29.0 Å². The summed E-state index contributed by atoms with van der Waals surface area (Å²) in [5.74, 6) is -0.773. The van der Waals surface area contributed by atoms with Gasteiger partial charge in [0.1, 0.15) is 6.04 Å². The predicted octanol–water partition coefficient (Wildman–Crippen LogP) is 1.47. The van der Waals surface area contributed by atoms with E-state index < -0.39 is 12.0 Å². The van der Waals surface area contributed by atoms with E-state index in [0.717, 1.165) is 36.1 Å². The second kappa shape index (κ2) is 6.69. The van der Waals surface area contributed by atoms with Gasteiger partial charge in [-0.25, -0.2) is 0 Å². The standard InChI is InChI=1S/C13H21BrN4O2/c1-17(2)6-7-18-12(9(14)8-15-18)10-4-3-5-11(16-10)13(19)20/h8,10-11,16H,3-7H2,1-2H3,(H,19,20). The Morgan fingerprint density at radius 3 is 3.00 bits per heavy atom. The van der Waals surface area contributed by atoms with Crippen molar-refractivity contribution in [3.8, 4) is 0 Å². The van der Waals surface area contributed by atoms with Crippen molar-refractivity contribution in [3.63, 3.8) is 0 Å². The van der Waals surface area contributed by atoms with Crippen LogP contribution in [0.4, 0.5) is 0 Å². The van der Waals surface area contributed by atoms with Crippen molar-refractivity contribution in [1.82, 2.24) is 20.0 Å². The SMILES string of the molecule is CN(C)CCn1ncc(Br)c1C1CCCC(C(=O)O)N1. The van der Waals surface area contributed by atoms with Crippen LogP contribution < -0.4 is 5.32 Å². The van der Waals surface area contributed by atoms with Crippen LogP contribution >= 0.6 is 15.9 Å². The number of nitrogens with zero attached hydrogens (tertiary/aromatic N) is 3. The van der Waals surface area contributed by atoms with E-state index in [0.29, 0.717) is 6.42 Å². The molecule has 1 aromatic heterocycles. The summed E-state index contributed by atoms with van der Waals surface area (Å²) < 4.78 is 2.91. The van der Waals surface area contributed by atoms with Crippen LogP contribution in [-0.2, 0) is 11.3 Å². The number of halogens is 1. The number of nitrogens with one attached hydrogen (secondary N) is 1. The Kier molecular flexibility index (Phi) is 5.17. The molecule has 1 saturated heterocycles. The Hall–Kier alpha value is -0.920. The van der Waals surface area contributed by atoms with Gasteiger partial charge in [-0.05, 0) is 49.3 Å². The fourth-order valence-electron chi connectivity index (χ4n) is 2.54. The molecule has 1 fully saturated rings. The van der Waals surface area contributed by atoms with Crippen molar-refractivity contribution in [2.24, 2.45) is 0 Å². The molecule has 2 atom stereocenters. The van der Waals surface area contributed by atoms with Gasteiger partial charge in [-0.2, -0.15) is 5.10 Å². The first-order valence-corrected chi connectivity index (χ1v) is 7.63. The number of aliphatic carboxylic acids is 1. The highest BCUT2D eigenvalue weighted by molar-refractivity contribution is 9.10. The average Bonchev–Trinajstić information content (AvgIpc) is 2.77. The first-order valence-electron chi connectivity index (χ1n) is 6.84. The van der Waals surface area contributed by atoms with Gasteiger partial charge in [0.15, 0.2) is 0 Å². The van der Waals surface area contributed by atoms with Crippen molar-refractivity contribution >= 4 is 21.9 Å². The number of carbonyl (C=O) groups is 1. The van der Waals surface area contributed by atoms with Crippen LogP contribution in [0.3, 0.4) is 0 Å². The Balaban J connectivity index is 2.14. The van der Waals surface area contributed by atoms with Crippen LogP contribution in [-0.4, -0.2) is 52.4 Å². The fraction of sp³-hybridized carbons (Fsp3) is 0.692. The van der Waals surface area contributed by atoms with E-state index in [9.17, 15) is 4.79 Å². The zero-order valence-corrected chi connectivity index (χ0v) is 13.4. The average molecular weight is 345 g/mol. The van der Waals surface area contributed by atoms with Crippen molar-refractivity contribution in [2.75, 3.05) is 20.6 Å². The third-order valence-corrected chi connectivity index (χ3v) is 4.22. The second-order valence-corrected chi connectivity index (χ2v) is 6.30. The molecule has 1 aliphatic rings. The number of likely N-dealkylation sites (N-methyl/N-ethyl adjacent to an activating group) is 1. The number of aromatic nitrogens is 2. The maximum atomic E-state index is 11.2. The van der Waals surface area contributed by atoms with Gasteiger partial charge >= 0.3 is 5.97 Å². The molecule has 2 rings (SSSR count). The van der Waals surface area contributed by atoms with Crippen molar-refractivity contribution in [1.29, 1.82) is 0 Å². The third-order valence-electron chi connectivity index (χ3n) is 3.61. The van der Waals surface area contributed by atoms with E-state index in [2.05, 4.69) is 31.2 Å². The summed E-state index contributed by atoms with van der Waals surface area (Å²) in [6, 6.07) is -0.415. The van der Waals surface area contributed by atoms with Gasteiger partial charge in [0.2, 0.25) is 0 Å². The molecule has 0 radical (unpaired) electrons. The summed E-state index contributed by atoms with van der Waals surface area (Å²) in [6.07, 6.45) is 4.34. The fourth-order valence-corrected chi connectivity index (χ4v) is 3.11. The van der Waals surface area contributed by atoms with Crippen LogP contribution in [0.15, 0.2) is 10.7 Å². The molecule has 6 nitrogen and oxygen atoms in total. The topological polar surface area (TPSA) is 70.4 Å². The highest BCUT2D eigenvalue weighted by atomic mass is 79.9. The van der Waals surface area contributed by atoms with Gasteiger partial charge < -0.3 is 10.0 Å². The quantitative estimate of drug-likeness (QED) is 0.846. The molecule has 1 aromatic rings. The van der Waals surface area contributed by atoms with E-state index in [1.165, 1.54) is 0 Å². The number of carboxylic acids is 1. The molecule has 2 N–H and O–H groups in total. The van der Waals surface area contributed by atoms with Gasteiger partial charge in [0.25, 0.3) is 0 Å². The lowest BCUT2D eigenvalue weighted by Crippen LogP contribution is -2.43. The Morgan fingerprint density at radius 2 is 2.35 bits per heavy atom. The Labute approximate surface area is 127 Å². The lowest BCUT2D eigenvalue weighted by molar-refractivity contribution is -0.140. The summed E-state index contributed by atoms with van der Waals surface area (Å²) >= 11 is 3.53. The van der Waals surface area contributed by atoms with Crippen molar-refractivity contribution in [3.05, 3.63) is 16.4 Å². The summed E-state index contributed by atoms with van der Waals surface area (Å²) in [5.41, 5.74) is 1.05. The van der Waals surface area contributed by atoms with Gasteiger partial charge in [-0.1, -0.05) is 0 Å². The molecule has 112 valence electrons. The van der Waals surface area contributed by atoms with E-state index in [-0.39, 0.29) is 6.04 Å². The number of rotatable bonds is 5. The monoisotopic (exact) mass is 344 g/mol. The minimum atomic E-state index is -0.773. The molecule has 0 amide bonds. The molecule has 0 aliphatic carbocycles. The van der Waals surface area contributed by atoms with Gasteiger partial charge in [0, 0.05) is 6.54 Å². The number of hydrogen-bond donors (Lipinski definition) is 2. The smallest absolute Gasteiger partial charge is 0.320 e. The molecular formula is C13H21BrN4O2. The van der Waals surface area contributed by atoms with Crippen LogP contribution in [0, 0.1) is 0 Å². The largest absolute Gasteiger partial charge is 0.480 e. The summed E-state index contributed by atoms with van der Waals surface area (Å²) in [6.45, 7) is 1.69. The third kappa shape index (κ3) is 3.59. The predicted molar refractivity (Wildman–Crippen MR) is 79.6 cm³/mol. The molecule has 0 spiro atoms. The van der Waals surface area contributed by atoms with Gasteiger partial charge in [-0.3, -0.25) is 14.8 Å². The van der Waals surface area contributed by atoms with Gasteiger partial charge in [-0.15, -0.1) is 0 Å². The minimum Gasteiger partial charge on any atom is -0.480 e. The normalized spacial score (nSPS) is 23.2. The van der Waals surface area contributed by atoms with Crippen molar-refractivity contribution in [2.45, 2.75) is 37.9 Å². The van der Waals surface area contributed by atoms with Crippen LogP contribution in [0.25, 0.3) is 0 Å². The maximum Gasteiger partial charge on any atom is 0.320 e. The lowest BCUT2D eigenvalue weighted by Gasteiger charge is -2.29. The highest BCUT2D eigenvalue weighted by Crippen LogP contribution is 2.30. The van der Waals surface area contributed by atoms with E-state index >= 15 is 0 Å². The van der Waals surface area contributed by atoms with E-state index in [1.807, 2.05) is 18.8 Å². The highest BCUT2D eigenvalue weighted by Gasteiger charge is 2.30. The second-order valence-electron chi connectivity index (χ2n) is 5.45. The number of piperidine rings is 1. The van der Waals surface area contributed by atoms with E-state index in [4.69, 9.17) is 5.11 Å². The molecule has 2 unspecified atom stereocenters. The first kappa shape index (κ1) is 15.5. The van der Waals surface area contributed by atoms with E-state index in [1.54, 1.807) is 6.20 Å². The Bertz CT molecular complexity index is 475. The molecule has 0 bridgehead atoms. The lowest BCUT2D eigenvalue weighted by atomic mass is 9.96. The van der Waals surface area contributed by atoms with Crippen LogP contribution in [0.2, 0.25) is 0 Å². The summed E-state index contributed by atoms with van der Waals surface area (Å²) in [5, 5.41) is 16.8. The molecule has 0 saturated carbocycles. The minimum absolute atomic E-state index is 0.0453. The van der Waals surface area contributed by atoms with Crippen LogP contribution in [0.1, 0.15) is 31.0 Å². The summed E-state index contributed by atoms with van der Waals surface area (Å²) in [7, 11) is 4.05. The molecular weight excluding hydrogens is 324 g/mol. The number of carboxylic acid groups (broad SMARTS) is 1. The molecule has 0 aromatic carbocycles. The molecule has 2 heterocycles.